The molecule has 3 heteroatoms. The SMILES string of the molecule is BrCCc1cccc2nc(-c3ccccc3)[nH]c12. The van der Waals surface area contributed by atoms with Crippen molar-refractivity contribution >= 4 is 27.0 Å². The number of aromatic nitrogens is 2. The zero-order chi connectivity index (χ0) is 12.4. The molecule has 2 nitrogen and oxygen atoms in total. The molecule has 0 aliphatic heterocycles. The average Bonchev–Trinajstić information content (AvgIpc) is 2.85. The van der Waals surface area contributed by atoms with Gasteiger partial charge in [-0.25, -0.2) is 4.98 Å². The van der Waals surface area contributed by atoms with Crippen LogP contribution in [0.4, 0.5) is 0 Å². The third-order valence-electron chi connectivity index (χ3n) is 3.02. The van der Waals surface area contributed by atoms with E-state index in [9.17, 15) is 0 Å². The van der Waals surface area contributed by atoms with Gasteiger partial charge in [-0.05, 0) is 18.1 Å². The lowest BCUT2D eigenvalue weighted by atomic mass is 10.1. The fraction of sp³-hybridized carbons (Fsp3) is 0.133. The van der Waals surface area contributed by atoms with Gasteiger partial charge >= 0.3 is 0 Å². The van der Waals surface area contributed by atoms with Crippen LogP contribution in [0, 0.1) is 0 Å². The maximum atomic E-state index is 4.66. The summed E-state index contributed by atoms with van der Waals surface area (Å²) >= 11 is 3.49. The van der Waals surface area contributed by atoms with Crippen LogP contribution < -0.4 is 0 Å². The fourth-order valence-electron chi connectivity index (χ4n) is 2.13. The summed E-state index contributed by atoms with van der Waals surface area (Å²) in [6, 6.07) is 16.5. The molecule has 0 radical (unpaired) electrons. The number of benzene rings is 2. The summed E-state index contributed by atoms with van der Waals surface area (Å²) in [5.41, 5.74) is 4.61. The van der Waals surface area contributed by atoms with Crippen molar-refractivity contribution in [3.63, 3.8) is 0 Å². The third-order valence-corrected chi connectivity index (χ3v) is 3.41. The van der Waals surface area contributed by atoms with Crippen LogP contribution in [0.1, 0.15) is 5.56 Å². The van der Waals surface area contributed by atoms with Crippen molar-refractivity contribution in [2.45, 2.75) is 6.42 Å². The first-order chi connectivity index (χ1) is 8.88. The molecule has 1 heterocycles. The second-order valence-electron chi connectivity index (χ2n) is 4.20. The highest BCUT2D eigenvalue weighted by molar-refractivity contribution is 9.09. The van der Waals surface area contributed by atoms with Crippen LogP contribution in [0.15, 0.2) is 48.5 Å². The number of fused-ring (bicyclic) bond motifs is 1. The number of alkyl halides is 1. The summed E-state index contributed by atoms with van der Waals surface area (Å²) in [7, 11) is 0. The van der Waals surface area contributed by atoms with Gasteiger partial charge in [0.15, 0.2) is 0 Å². The Hall–Kier alpha value is -1.61. The topological polar surface area (TPSA) is 28.7 Å². The molecule has 0 amide bonds. The van der Waals surface area contributed by atoms with Crippen LogP contribution in [0.25, 0.3) is 22.4 Å². The molecule has 0 saturated carbocycles. The van der Waals surface area contributed by atoms with E-state index in [1.807, 2.05) is 18.2 Å². The molecule has 0 atom stereocenters. The Morgan fingerprint density at radius 1 is 1.00 bits per heavy atom. The van der Waals surface area contributed by atoms with Crippen molar-refractivity contribution in [3.05, 3.63) is 54.1 Å². The van der Waals surface area contributed by atoms with E-state index in [0.29, 0.717) is 0 Å². The quantitative estimate of drug-likeness (QED) is 0.723. The summed E-state index contributed by atoms with van der Waals surface area (Å²) < 4.78 is 0. The van der Waals surface area contributed by atoms with Crippen molar-refractivity contribution in [1.29, 1.82) is 0 Å². The maximum absolute atomic E-state index is 4.66. The number of rotatable bonds is 3. The molecule has 0 saturated heterocycles. The number of aryl methyl sites for hydroxylation is 1. The maximum Gasteiger partial charge on any atom is 0.138 e. The highest BCUT2D eigenvalue weighted by Crippen LogP contribution is 2.23. The van der Waals surface area contributed by atoms with Crippen LogP contribution in [-0.4, -0.2) is 15.3 Å². The number of nitrogens with one attached hydrogen (secondary N) is 1. The van der Waals surface area contributed by atoms with E-state index >= 15 is 0 Å². The number of para-hydroxylation sites is 1. The van der Waals surface area contributed by atoms with Crippen LogP contribution in [0.2, 0.25) is 0 Å². The first-order valence-corrected chi connectivity index (χ1v) is 7.09. The molecule has 3 aromatic rings. The Morgan fingerprint density at radius 2 is 1.83 bits per heavy atom. The number of H-pyrrole nitrogens is 1. The lowest BCUT2D eigenvalue weighted by Crippen LogP contribution is -1.87. The highest BCUT2D eigenvalue weighted by atomic mass is 79.9. The van der Waals surface area contributed by atoms with Gasteiger partial charge in [0, 0.05) is 10.9 Å². The second kappa shape index (κ2) is 4.94. The van der Waals surface area contributed by atoms with E-state index in [1.165, 1.54) is 5.56 Å². The molecule has 1 aromatic heterocycles. The Morgan fingerprint density at radius 3 is 2.61 bits per heavy atom. The first kappa shape index (κ1) is 11.5. The van der Waals surface area contributed by atoms with E-state index < -0.39 is 0 Å². The predicted molar refractivity (Wildman–Crippen MR) is 79.0 cm³/mol. The zero-order valence-corrected chi connectivity index (χ0v) is 11.4. The molecule has 18 heavy (non-hydrogen) atoms. The molecule has 1 N–H and O–H groups in total. The van der Waals surface area contributed by atoms with Gasteiger partial charge in [-0.15, -0.1) is 0 Å². The third kappa shape index (κ3) is 2.06. The van der Waals surface area contributed by atoms with E-state index in [0.717, 1.165) is 34.2 Å². The van der Waals surface area contributed by atoms with Gasteiger partial charge in [0.1, 0.15) is 5.82 Å². The Balaban J connectivity index is 2.14. The fourth-order valence-corrected chi connectivity index (χ4v) is 2.56. The average molecular weight is 301 g/mol. The standard InChI is InChI=1S/C15H13BrN2/c16-10-9-11-7-4-8-13-14(11)18-15(17-13)12-5-2-1-3-6-12/h1-8H,9-10H2,(H,17,18). The van der Waals surface area contributed by atoms with E-state index in [1.54, 1.807) is 0 Å². The molecule has 0 aliphatic carbocycles. The normalized spacial score (nSPS) is 10.9. The minimum atomic E-state index is 0.938. The molecular weight excluding hydrogens is 288 g/mol. The van der Waals surface area contributed by atoms with E-state index in [4.69, 9.17) is 0 Å². The molecule has 90 valence electrons. The summed E-state index contributed by atoms with van der Waals surface area (Å²) in [5, 5.41) is 0.964. The predicted octanol–water partition coefficient (Wildman–Crippen LogP) is 4.17. The highest BCUT2D eigenvalue weighted by Gasteiger charge is 2.07. The summed E-state index contributed by atoms with van der Waals surface area (Å²) in [6.07, 6.45) is 1.01. The first-order valence-electron chi connectivity index (χ1n) is 5.97. The van der Waals surface area contributed by atoms with Crippen molar-refractivity contribution in [2.24, 2.45) is 0 Å². The summed E-state index contributed by atoms with van der Waals surface area (Å²) in [6.45, 7) is 0. The monoisotopic (exact) mass is 300 g/mol. The largest absolute Gasteiger partial charge is 0.338 e. The van der Waals surface area contributed by atoms with Crippen LogP contribution in [-0.2, 0) is 6.42 Å². The lowest BCUT2D eigenvalue weighted by molar-refractivity contribution is 1.18. The van der Waals surface area contributed by atoms with Crippen LogP contribution >= 0.6 is 15.9 Å². The van der Waals surface area contributed by atoms with Gasteiger partial charge in [-0.1, -0.05) is 58.4 Å². The molecule has 0 unspecified atom stereocenters. The Labute approximate surface area is 114 Å². The summed E-state index contributed by atoms with van der Waals surface area (Å²) in [4.78, 5) is 8.09. The van der Waals surface area contributed by atoms with Gasteiger partial charge in [0.2, 0.25) is 0 Å². The number of aromatic amines is 1. The van der Waals surface area contributed by atoms with Gasteiger partial charge in [0.05, 0.1) is 11.0 Å². The molecule has 3 rings (SSSR count). The van der Waals surface area contributed by atoms with Crippen molar-refractivity contribution in [3.8, 4) is 11.4 Å². The summed E-state index contributed by atoms with van der Waals surface area (Å²) in [5.74, 6) is 0.938. The number of hydrogen-bond acceptors (Lipinski definition) is 1. The molecule has 0 fully saturated rings. The van der Waals surface area contributed by atoms with Crippen molar-refractivity contribution in [1.82, 2.24) is 9.97 Å². The molecule has 0 spiro atoms. The van der Waals surface area contributed by atoms with Gasteiger partial charge in [-0.2, -0.15) is 0 Å². The molecular formula is C15H13BrN2. The zero-order valence-electron chi connectivity index (χ0n) is 9.86. The van der Waals surface area contributed by atoms with E-state index in [2.05, 4.69) is 56.2 Å². The Kier molecular flexibility index (Phi) is 3.15. The minimum Gasteiger partial charge on any atom is -0.338 e. The number of halogens is 1. The van der Waals surface area contributed by atoms with Gasteiger partial charge in [0.25, 0.3) is 0 Å². The number of hydrogen-bond donors (Lipinski definition) is 1. The molecule has 2 aromatic carbocycles. The van der Waals surface area contributed by atoms with Crippen LogP contribution in [0.3, 0.4) is 0 Å². The van der Waals surface area contributed by atoms with E-state index in [-0.39, 0.29) is 0 Å². The van der Waals surface area contributed by atoms with Crippen molar-refractivity contribution in [2.75, 3.05) is 5.33 Å². The Bertz CT molecular complexity index is 659. The molecule has 0 aliphatic rings. The minimum absolute atomic E-state index is 0.938. The lowest BCUT2D eigenvalue weighted by Gasteiger charge is -1.98. The molecule has 0 bridgehead atoms. The van der Waals surface area contributed by atoms with Gasteiger partial charge < -0.3 is 4.98 Å². The van der Waals surface area contributed by atoms with Crippen LogP contribution in [0.5, 0.6) is 0 Å². The van der Waals surface area contributed by atoms with Gasteiger partial charge in [-0.3, -0.25) is 0 Å². The second-order valence-corrected chi connectivity index (χ2v) is 4.99. The number of imidazole rings is 1. The van der Waals surface area contributed by atoms with Crippen molar-refractivity contribution < 1.29 is 0 Å². The smallest absolute Gasteiger partial charge is 0.138 e. The number of nitrogens with zero attached hydrogens (tertiary/aromatic N) is 1.